The van der Waals surface area contributed by atoms with Gasteiger partial charge in [0.2, 0.25) is 0 Å². The largest absolute Gasteiger partial charge is 0.497 e. The molecule has 8 heterocycles. The van der Waals surface area contributed by atoms with Gasteiger partial charge in [-0.25, -0.2) is 19.9 Å². The minimum atomic E-state index is -1.21. The van der Waals surface area contributed by atoms with Crippen molar-refractivity contribution >= 4 is 63.2 Å². The summed E-state index contributed by atoms with van der Waals surface area (Å²) in [5.41, 5.74) is 14.3. The number of aromatic nitrogens is 10. The Morgan fingerprint density at radius 2 is 1.12 bits per heavy atom. The number of hydrogen-bond donors (Lipinski definition) is 1. The molecule has 1 N–H and O–H groups in total. The summed E-state index contributed by atoms with van der Waals surface area (Å²) in [5.74, 6) is 3.48. The van der Waals surface area contributed by atoms with E-state index in [1.807, 2.05) is 73.3 Å². The normalized spacial score (nSPS) is 12.0. The van der Waals surface area contributed by atoms with Gasteiger partial charge in [0.1, 0.15) is 29.9 Å². The first-order valence-electron chi connectivity index (χ1n) is 22.7. The summed E-state index contributed by atoms with van der Waals surface area (Å²) in [6, 6.07) is 38.4. The maximum atomic E-state index is 6.30. The van der Waals surface area contributed by atoms with Gasteiger partial charge in [0, 0.05) is 85.2 Å². The van der Waals surface area contributed by atoms with Crippen LogP contribution in [0.25, 0.3) is 100 Å². The molecular formula is C54H52N10O3Si. The van der Waals surface area contributed by atoms with E-state index in [0.717, 1.165) is 125 Å². The molecule has 0 saturated heterocycles. The van der Waals surface area contributed by atoms with E-state index < -0.39 is 8.07 Å². The number of aromatic amines is 1. The second-order valence-corrected chi connectivity index (χ2v) is 24.1. The summed E-state index contributed by atoms with van der Waals surface area (Å²) in [6.07, 6.45) is 11.8. The Kier molecular flexibility index (Phi) is 10.7. The SMILES string of the molecule is COc1ccc2c(c1)c(-c1cc3c(ncc4cnc(-c5ccccc5)n43)[nH]1)cn2C.COc1ccc2c(c1)c(-c1cc3c(ncc4cnc(-c5ccccc5)n43)n1COCC[Si](C)(C)C)cn2C. The average molecular weight is 917 g/mol. The van der Waals surface area contributed by atoms with E-state index in [1.165, 1.54) is 0 Å². The first-order chi connectivity index (χ1) is 33.1. The molecular weight excluding hydrogens is 865 g/mol. The van der Waals surface area contributed by atoms with Crippen molar-refractivity contribution in [2.24, 2.45) is 14.1 Å². The van der Waals surface area contributed by atoms with Crippen LogP contribution in [0.2, 0.25) is 25.7 Å². The molecule has 0 aliphatic heterocycles. The summed E-state index contributed by atoms with van der Waals surface area (Å²) in [6.45, 7) is 8.29. The minimum absolute atomic E-state index is 0.428. The molecule has 0 unspecified atom stereocenters. The Bertz CT molecular complexity index is 3790. The monoisotopic (exact) mass is 916 g/mol. The van der Waals surface area contributed by atoms with E-state index in [4.69, 9.17) is 24.2 Å². The fraction of sp³-hybridized carbons (Fsp3) is 0.185. The van der Waals surface area contributed by atoms with E-state index in [9.17, 15) is 0 Å². The summed E-state index contributed by atoms with van der Waals surface area (Å²) in [5, 5.41) is 2.26. The second-order valence-electron chi connectivity index (χ2n) is 18.4. The molecule has 12 rings (SSSR count). The fourth-order valence-corrected chi connectivity index (χ4v) is 9.99. The molecule has 13 nitrogen and oxygen atoms in total. The molecule has 0 aliphatic carbocycles. The highest BCUT2D eigenvalue weighted by atomic mass is 28.3. The summed E-state index contributed by atoms with van der Waals surface area (Å²) >= 11 is 0. The zero-order valence-electron chi connectivity index (χ0n) is 39.2. The number of methoxy groups -OCH3 is 2. The average Bonchev–Trinajstić information content (AvgIpc) is 4.23. The molecule has 0 saturated carbocycles. The summed E-state index contributed by atoms with van der Waals surface area (Å²) in [4.78, 5) is 22.5. The van der Waals surface area contributed by atoms with Crippen molar-refractivity contribution in [1.29, 1.82) is 0 Å². The number of ether oxygens (including phenoxy) is 3. The van der Waals surface area contributed by atoms with Crippen LogP contribution in [0.1, 0.15) is 0 Å². The van der Waals surface area contributed by atoms with E-state index in [-0.39, 0.29) is 0 Å². The Balaban J connectivity index is 0.000000153. The number of nitrogens with one attached hydrogen (secondary N) is 1. The van der Waals surface area contributed by atoms with Crippen LogP contribution >= 0.6 is 0 Å². The summed E-state index contributed by atoms with van der Waals surface area (Å²) < 4.78 is 28.2. The maximum absolute atomic E-state index is 6.30. The molecule has 68 heavy (non-hydrogen) atoms. The molecule has 0 aliphatic rings. The molecule has 0 amide bonds. The van der Waals surface area contributed by atoms with Gasteiger partial charge in [-0.05, 0) is 54.6 Å². The molecule has 0 spiro atoms. The van der Waals surface area contributed by atoms with Gasteiger partial charge in [0.15, 0.2) is 11.3 Å². The summed E-state index contributed by atoms with van der Waals surface area (Å²) in [7, 11) is 6.33. The zero-order chi connectivity index (χ0) is 46.7. The van der Waals surface area contributed by atoms with Gasteiger partial charge in [-0.2, -0.15) is 0 Å². The lowest BCUT2D eigenvalue weighted by Gasteiger charge is -2.16. The Hall–Kier alpha value is -7.94. The fourth-order valence-electron chi connectivity index (χ4n) is 9.23. The van der Waals surface area contributed by atoms with Crippen molar-refractivity contribution in [2.75, 3.05) is 20.8 Å². The Morgan fingerprint density at radius 3 is 1.71 bits per heavy atom. The van der Waals surface area contributed by atoms with Crippen molar-refractivity contribution in [3.63, 3.8) is 0 Å². The molecule has 0 fully saturated rings. The van der Waals surface area contributed by atoms with Gasteiger partial charge < -0.3 is 28.3 Å². The number of H-pyrrole nitrogens is 1. The molecule has 8 aromatic heterocycles. The quantitative estimate of drug-likeness (QED) is 0.101. The highest BCUT2D eigenvalue weighted by Crippen LogP contribution is 2.38. The lowest BCUT2D eigenvalue weighted by atomic mass is 10.1. The zero-order valence-corrected chi connectivity index (χ0v) is 40.2. The number of nitrogens with zero attached hydrogens (tertiary/aromatic N) is 9. The topological polar surface area (TPSA) is 119 Å². The standard InChI is InChI=1S/C30H33N5O2Si.C24H19N5O/c1-33-19-25(24-15-23(36-2)11-12-26(24)33)27-16-28-30(34(27)20-37-13-14-38(3,4)5)32-18-22-17-31-29(35(22)28)21-9-7-6-8-10-21;1-28-14-19(18-10-17(30-2)8-9-21(18)28)20-11-22-23(27-20)25-12-16-13-26-24(29(16)22)15-6-4-3-5-7-15/h6-12,15-19H,13-14,20H2,1-5H3;3-14,27H,1-2H3. The van der Waals surface area contributed by atoms with Gasteiger partial charge in [-0.15, -0.1) is 0 Å². The Labute approximate surface area is 393 Å². The smallest absolute Gasteiger partial charge is 0.159 e. The van der Waals surface area contributed by atoms with Crippen LogP contribution in [0.3, 0.4) is 0 Å². The second kappa shape index (κ2) is 17.0. The van der Waals surface area contributed by atoms with Gasteiger partial charge in [0.05, 0.1) is 72.5 Å². The Morgan fingerprint density at radius 1 is 0.574 bits per heavy atom. The van der Waals surface area contributed by atoms with Crippen molar-refractivity contribution in [3.05, 3.63) is 146 Å². The number of rotatable bonds is 11. The highest BCUT2D eigenvalue weighted by molar-refractivity contribution is 6.76. The first-order valence-corrected chi connectivity index (χ1v) is 26.4. The van der Waals surface area contributed by atoms with Crippen LogP contribution in [-0.2, 0) is 25.6 Å². The van der Waals surface area contributed by atoms with Crippen molar-refractivity contribution in [2.45, 2.75) is 32.4 Å². The van der Waals surface area contributed by atoms with Crippen molar-refractivity contribution in [3.8, 4) is 56.8 Å². The van der Waals surface area contributed by atoms with Crippen LogP contribution in [0.5, 0.6) is 11.5 Å². The lowest BCUT2D eigenvalue weighted by Crippen LogP contribution is -2.22. The minimum Gasteiger partial charge on any atom is -0.497 e. The maximum Gasteiger partial charge on any atom is 0.159 e. The number of imidazole rings is 2. The van der Waals surface area contributed by atoms with Crippen LogP contribution < -0.4 is 9.47 Å². The van der Waals surface area contributed by atoms with Gasteiger partial charge in [0.25, 0.3) is 0 Å². The van der Waals surface area contributed by atoms with Gasteiger partial charge >= 0.3 is 0 Å². The number of benzene rings is 4. The first kappa shape index (κ1) is 42.7. The van der Waals surface area contributed by atoms with E-state index in [1.54, 1.807) is 14.2 Å². The van der Waals surface area contributed by atoms with Crippen LogP contribution in [-0.4, -0.2) is 76.3 Å². The van der Waals surface area contributed by atoms with Crippen molar-refractivity contribution < 1.29 is 14.2 Å². The molecule has 0 bridgehead atoms. The van der Waals surface area contributed by atoms with E-state index in [0.29, 0.717) is 6.73 Å². The third-order valence-corrected chi connectivity index (χ3v) is 14.5. The number of hydrogen-bond acceptors (Lipinski definition) is 7. The van der Waals surface area contributed by atoms with Crippen molar-refractivity contribution in [1.82, 2.24) is 47.4 Å². The van der Waals surface area contributed by atoms with Crippen LogP contribution in [0.4, 0.5) is 0 Å². The third-order valence-electron chi connectivity index (χ3n) is 12.8. The highest BCUT2D eigenvalue weighted by Gasteiger charge is 2.22. The molecule has 14 heteroatoms. The van der Waals surface area contributed by atoms with E-state index >= 15 is 0 Å². The van der Waals surface area contributed by atoms with Crippen LogP contribution in [0.15, 0.2) is 146 Å². The van der Waals surface area contributed by atoms with Gasteiger partial charge in [-0.1, -0.05) is 80.3 Å². The molecule has 0 atom stereocenters. The number of aryl methyl sites for hydroxylation is 2. The number of fused-ring (bicyclic) bond motifs is 8. The predicted octanol–water partition coefficient (Wildman–Crippen LogP) is 11.9. The van der Waals surface area contributed by atoms with E-state index in [2.05, 4.69) is 144 Å². The van der Waals surface area contributed by atoms with Gasteiger partial charge in [-0.3, -0.25) is 13.4 Å². The molecule has 0 radical (unpaired) electrons. The third kappa shape index (κ3) is 7.57. The molecule has 4 aromatic carbocycles. The predicted molar refractivity (Wildman–Crippen MR) is 275 cm³/mol. The van der Waals surface area contributed by atoms with Crippen LogP contribution in [0, 0.1) is 0 Å². The lowest BCUT2D eigenvalue weighted by molar-refractivity contribution is 0.0909. The molecule has 12 aromatic rings. The molecule has 340 valence electrons.